The van der Waals surface area contributed by atoms with Crippen LogP contribution in [0.1, 0.15) is 278 Å². The Labute approximate surface area is 853 Å². The van der Waals surface area contributed by atoms with E-state index in [1.165, 1.54) is 227 Å². The maximum absolute atomic E-state index is 11.2. The first kappa shape index (κ1) is 121. The number of carbonyl (C=O) groups excluding carboxylic acids is 3. The summed E-state index contributed by atoms with van der Waals surface area (Å²) in [5.74, 6) is 3.68. The van der Waals surface area contributed by atoms with Crippen molar-refractivity contribution in [2.24, 2.45) is 44.3 Å². The highest BCUT2D eigenvalue weighted by Crippen LogP contribution is 2.48. The Balaban J connectivity index is 0.000000192. The first-order valence-corrected chi connectivity index (χ1v) is 55.5. The number of nitrogens with zero attached hydrogens (tertiary/aromatic N) is 18. The van der Waals surface area contributed by atoms with Crippen LogP contribution in [0.5, 0.6) is 0 Å². The van der Waals surface area contributed by atoms with Crippen LogP contribution in [0, 0.1) is 44.3 Å². The van der Waals surface area contributed by atoms with Gasteiger partial charge in [-0.1, -0.05) is 47.6 Å². The van der Waals surface area contributed by atoms with E-state index in [0.717, 1.165) is 116 Å². The molecule has 17 saturated heterocycles. The number of ketones is 3. The predicted octanol–water partition coefficient (Wildman–Crippen LogP) is 15.5. The highest BCUT2D eigenvalue weighted by atomic mass is 16.3. The third kappa shape index (κ3) is 36.4. The summed E-state index contributed by atoms with van der Waals surface area (Å²) in [6.45, 7) is 122. The van der Waals surface area contributed by atoms with Gasteiger partial charge in [0.2, 0.25) is 0 Å². The van der Waals surface area contributed by atoms with Crippen molar-refractivity contribution in [3.63, 3.8) is 0 Å². The monoisotopic (exact) mass is 1950 g/mol. The fourth-order valence-electron chi connectivity index (χ4n) is 26.5. The van der Waals surface area contributed by atoms with Gasteiger partial charge in [-0.05, 0) is 382 Å². The van der Waals surface area contributed by atoms with Crippen LogP contribution in [-0.2, 0) is 14.4 Å². The molecule has 0 radical (unpaired) electrons. The van der Waals surface area contributed by atoms with E-state index in [1.54, 1.807) is 20.8 Å². The lowest BCUT2D eigenvalue weighted by atomic mass is 9.71. The fraction of sp³-hybridized carbons (Fsp3) is 0.904. The third-order valence-electron chi connectivity index (χ3n) is 35.3. The Kier molecular flexibility index (Phi) is 45.2. The molecule has 17 heterocycles. The first-order valence-electron chi connectivity index (χ1n) is 55.5. The van der Waals surface area contributed by atoms with Gasteiger partial charge in [-0.25, -0.2) is 0 Å². The number of aliphatic hydroxyl groups excluding tert-OH is 4. The molecule has 17 fully saturated rings. The normalized spacial score (nSPS) is 27.1. The van der Waals surface area contributed by atoms with Gasteiger partial charge in [0.05, 0.1) is 68.8 Å². The van der Waals surface area contributed by atoms with Gasteiger partial charge in [0.1, 0.15) is 17.3 Å². The van der Waals surface area contributed by atoms with Crippen LogP contribution in [0.25, 0.3) is 0 Å². The second-order valence-electron chi connectivity index (χ2n) is 52.9. The molecule has 17 aliphatic rings. The number of carbonyl (C=O) groups is 3. The second-order valence-corrected chi connectivity index (χ2v) is 52.9. The van der Waals surface area contributed by atoms with Gasteiger partial charge >= 0.3 is 0 Å². The van der Waals surface area contributed by atoms with Crippen molar-refractivity contribution in [3.8, 4) is 0 Å². The van der Waals surface area contributed by atoms with Gasteiger partial charge in [-0.2, -0.15) is 0 Å². The maximum atomic E-state index is 11.2. The molecule has 4 atom stereocenters. The molecule has 806 valence electrons. The van der Waals surface area contributed by atoms with Crippen LogP contribution in [-0.4, -0.2) is 472 Å². The molecule has 0 saturated carbocycles. The number of aliphatic hydroxyl groups is 4. The molecule has 0 aromatic heterocycles. The van der Waals surface area contributed by atoms with Gasteiger partial charge in [0, 0.05) is 219 Å². The minimum atomic E-state index is 0. The molecule has 17 rings (SSSR count). The van der Waals surface area contributed by atoms with Gasteiger partial charge in [-0.15, -0.1) is 0 Å². The minimum Gasteiger partial charge on any atom is -0.512 e. The number of hydrogen-bond acceptors (Lipinski definition) is 25. The first-order chi connectivity index (χ1) is 64.3. The average molecular weight is 1950 g/mol. The summed E-state index contributed by atoms with van der Waals surface area (Å²) in [4.78, 5) is 78.0. The van der Waals surface area contributed by atoms with Crippen molar-refractivity contribution in [3.05, 3.63) is 49.4 Å². The lowest BCUT2D eigenvalue weighted by molar-refractivity contribution is -0.119. The second kappa shape index (κ2) is 52.1. The quantitative estimate of drug-likeness (QED) is 0.0793. The molecule has 6 spiro atoms. The lowest BCUT2D eigenvalue weighted by Gasteiger charge is -2.55. The molecule has 25 heteroatoms. The number of fused-ring (bicyclic) bond motifs is 3. The molecule has 4 N–H and O–H groups in total. The van der Waals surface area contributed by atoms with E-state index in [1.807, 2.05) is 0 Å². The van der Waals surface area contributed by atoms with E-state index >= 15 is 0 Å². The maximum Gasteiger partial charge on any atom is 0.143 e. The van der Waals surface area contributed by atoms with Gasteiger partial charge in [0.25, 0.3) is 0 Å². The summed E-state index contributed by atoms with van der Waals surface area (Å²) < 4.78 is 0. The van der Waals surface area contributed by atoms with Crippen LogP contribution < -0.4 is 0 Å². The topological polar surface area (TPSA) is 190 Å². The lowest BCUT2D eigenvalue weighted by Crippen LogP contribution is -2.62. The number of piperazine rings is 2. The summed E-state index contributed by atoms with van der Waals surface area (Å²) in [5.41, 5.74) is 4.63. The summed E-state index contributed by atoms with van der Waals surface area (Å²) in [7, 11) is 0. The average Bonchev–Trinajstić information content (AvgIpc) is 1.75. The number of likely N-dealkylation sites (tertiary alicyclic amines) is 16. The van der Waals surface area contributed by atoms with Gasteiger partial charge in [0.15, 0.2) is 0 Å². The SMILES string of the molecule is C.C=C(O)CN1CC2(CCN(C(C)C)C2)C1.C=C(O)CN1CC2(CCN(C(C)C)CC2)C1.C=C(O)CN1CC2CN(C(C)(C)C)CC2C1.C=C(O)CN1CCC2(CC1)CN(C(C)C)C2.CC(=O)CN1CCC2(C1)CN(C(C)C)C2.CC(=O)CN1CCC2(CC1)CCN(C(C)C)C2.CC(=O)CN1CCC2(CCN(C(C)(C)C)CC2)C1.CCN1CC2CC1CN2C(C)(C)C.CCN1CCN(C(C)(C)C)CC1. The molecular weight excluding hydrogens is 1730 g/mol. The molecule has 0 amide bonds. The molecule has 0 aromatic carbocycles. The smallest absolute Gasteiger partial charge is 0.143 e. The predicted molar refractivity (Wildman–Crippen MR) is 583 cm³/mol. The molecule has 2 bridgehead atoms. The minimum absolute atomic E-state index is 0. The zero-order chi connectivity index (χ0) is 102. The van der Waals surface area contributed by atoms with Crippen LogP contribution in [0.15, 0.2) is 49.4 Å². The molecule has 4 unspecified atom stereocenters. The van der Waals surface area contributed by atoms with Crippen molar-refractivity contribution in [2.45, 2.75) is 342 Å². The summed E-state index contributed by atoms with van der Waals surface area (Å²) in [6.07, 6.45) is 17.0. The molecule has 25 nitrogen and oxygen atoms in total. The third-order valence-corrected chi connectivity index (χ3v) is 35.3. The number of Topliss-reactive ketones (excluding diaryl/α,β-unsaturated/α-hetero) is 3. The number of likely N-dealkylation sites (N-methyl/N-ethyl adjacent to an activating group) is 2. The summed E-state index contributed by atoms with van der Waals surface area (Å²) >= 11 is 0. The van der Waals surface area contributed by atoms with E-state index in [0.29, 0.717) is 171 Å². The number of rotatable bonds is 21. The standard InChI is InChI=1S/C15H28N2O.C14H26N2O.3C13H24N2O.2C12H22N2O.C11H22N2.C10H22N2.CH4/c1-13(18)11-16-8-5-15(12-16)6-9-17(10-7-15)14(2,3)4;1-12(2)16-9-6-14(11-16)4-7-15(8-5-14)10-13(3)17;1-10(16)5-14-6-11-8-15(13(2,3)4)9-12(11)7-14;1-11(2)15-6-4-13(5-7-15)9-14(10-13)8-12(3)16;1-11(2)15-9-13(10-15)4-6-14(7-5-13)8-12(3)16;1-10(2)14-5-4-12(9-14)7-13(8-12)6-11(3)15;1-10(2)14-8-12(9-14)4-5-13(7-12)6-11(3)15;1-5-12-7-10-6-9(12)8-13(10)11(2,3)4;1-5-11-6-8-12(9-7-11)10(2,3)4;/h5-12H2,1-4H3;12H,4-11H2,1-3H3;11-12,16H,1,5-9H2,2-4H3;2*11,16H,3-10H2,1-2H3;10,15H,3-9H2,1-2H3;10H,4-9H2,1-3H3;9-10H,5-8H2,1-4H3;5-9H2,1-4H3;1H4. The Bertz CT molecular complexity index is 3720. The van der Waals surface area contributed by atoms with Crippen LogP contribution in [0.2, 0.25) is 0 Å². The highest BCUT2D eigenvalue weighted by molar-refractivity contribution is 5.78. The Morgan fingerprint density at radius 3 is 0.942 bits per heavy atom. The summed E-state index contributed by atoms with van der Waals surface area (Å²) in [6, 6.07) is 5.11. The van der Waals surface area contributed by atoms with Crippen LogP contribution in [0.3, 0.4) is 0 Å². The van der Waals surface area contributed by atoms with Crippen molar-refractivity contribution >= 4 is 17.3 Å². The van der Waals surface area contributed by atoms with Crippen molar-refractivity contribution in [1.29, 1.82) is 0 Å². The van der Waals surface area contributed by atoms with Crippen molar-refractivity contribution in [2.75, 3.05) is 281 Å². The molecular formula is C114H218N18O7. The fourth-order valence-corrected chi connectivity index (χ4v) is 26.5. The molecule has 139 heavy (non-hydrogen) atoms. The Hall–Kier alpha value is -3.55. The molecule has 0 aliphatic carbocycles. The number of hydrogen-bond donors (Lipinski definition) is 4. The van der Waals surface area contributed by atoms with E-state index in [9.17, 15) is 24.6 Å². The number of piperidine rings is 4. The van der Waals surface area contributed by atoms with E-state index in [2.05, 4.69) is 281 Å². The van der Waals surface area contributed by atoms with E-state index in [-0.39, 0.29) is 7.43 Å². The molecule has 0 aromatic rings. The Morgan fingerprint density at radius 1 is 0.281 bits per heavy atom. The van der Waals surface area contributed by atoms with Gasteiger partial charge < -0.3 is 40.0 Å². The largest absolute Gasteiger partial charge is 0.512 e. The zero-order valence-electron chi connectivity index (χ0n) is 94.2. The van der Waals surface area contributed by atoms with Crippen LogP contribution in [0.4, 0.5) is 0 Å². The molecule has 17 aliphatic heterocycles. The Morgan fingerprint density at radius 2 is 0.568 bits per heavy atom. The van der Waals surface area contributed by atoms with Gasteiger partial charge in [-0.3, -0.25) is 83.0 Å². The summed E-state index contributed by atoms with van der Waals surface area (Å²) in [5, 5.41) is 36.6. The van der Waals surface area contributed by atoms with Crippen LogP contribution >= 0.6 is 0 Å². The van der Waals surface area contributed by atoms with E-state index in [4.69, 9.17) is 10.2 Å². The zero-order valence-corrected chi connectivity index (χ0v) is 94.2. The highest BCUT2D eigenvalue weighted by Gasteiger charge is 2.53. The van der Waals surface area contributed by atoms with Crippen molar-refractivity contribution in [1.82, 2.24) is 88.2 Å². The van der Waals surface area contributed by atoms with E-state index < -0.39 is 0 Å². The van der Waals surface area contributed by atoms with Crippen molar-refractivity contribution < 1.29 is 34.8 Å².